The molecule has 2 atom stereocenters. The zero-order valence-corrected chi connectivity index (χ0v) is 32.4. The number of aliphatic carboxylic acids is 1. The van der Waals surface area contributed by atoms with Crippen LogP contribution in [0.4, 0.5) is 15.8 Å². The quantitative estimate of drug-likeness (QED) is 0.0232. The van der Waals surface area contributed by atoms with Crippen molar-refractivity contribution in [3.05, 3.63) is 144 Å². The minimum atomic E-state index is -0.926. The number of esters is 1. The molecular formula is C47H48FN2O6+. The Morgan fingerprint density at radius 3 is 2.32 bits per heavy atom. The second-order valence-corrected chi connectivity index (χ2v) is 14.5. The van der Waals surface area contributed by atoms with Crippen molar-refractivity contribution in [2.75, 3.05) is 31.2 Å². The van der Waals surface area contributed by atoms with Gasteiger partial charge < -0.3 is 19.5 Å². The average Bonchev–Trinajstić information content (AvgIpc) is 3.59. The molecule has 0 aliphatic carbocycles. The van der Waals surface area contributed by atoms with E-state index >= 15 is 0 Å². The van der Waals surface area contributed by atoms with Gasteiger partial charge in [-0.25, -0.2) is 4.39 Å². The van der Waals surface area contributed by atoms with Gasteiger partial charge in [0.25, 0.3) is 6.47 Å². The van der Waals surface area contributed by atoms with Crippen molar-refractivity contribution < 1.29 is 37.9 Å². The van der Waals surface area contributed by atoms with Gasteiger partial charge in [0.05, 0.1) is 35.8 Å². The zero-order valence-electron chi connectivity index (χ0n) is 32.4. The fraction of sp³-hybridized carbons (Fsp3) is 0.277. The molecule has 56 heavy (non-hydrogen) atoms. The molecule has 4 aromatic carbocycles. The number of carbonyl (C=O) groups excluding carboxylic acids is 2. The maximum Gasteiger partial charge on any atom is 0.309 e. The standard InChI is InChI=1S/C47H47FN2O6/c1-7-24-47(8-2)38-28-33(48)21-22-39(38)49(26-27-55-30-51)45(47)32(5)16-14-15-31(4)44-46(6,29-41(54)56-9-3)42-36-19-12-10-17-34(36)35-18-11-13-20-37(35)43(42)50(44)25-23-40(52)53/h7-8,10-22,28,30H,1-2,9,23-27,29H2,3-6H3/p+1. The number of nitrogens with zero attached hydrogens (tertiary/aromatic N) is 2. The van der Waals surface area contributed by atoms with Crippen LogP contribution in [0.5, 0.6) is 0 Å². The lowest BCUT2D eigenvalue weighted by atomic mass is 9.72. The lowest BCUT2D eigenvalue weighted by Gasteiger charge is -2.31. The maximum atomic E-state index is 14.8. The van der Waals surface area contributed by atoms with Gasteiger partial charge in [0, 0.05) is 22.5 Å². The van der Waals surface area contributed by atoms with Crippen molar-refractivity contribution in [3.63, 3.8) is 0 Å². The van der Waals surface area contributed by atoms with Crippen molar-refractivity contribution in [1.82, 2.24) is 0 Å². The van der Waals surface area contributed by atoms with Crippen LogP contribution in [0.1, 0.15) is 58.1 Å². The molecule has 6 rings (SSSR count). The molecule has 0 saturated heterocycles. The minimum Gasteiger partial charge on any atom is -0.481 e. The maximum absolute atomic E-state index is 14.8. The Kier molecular flexibility index (Phi) is 11.5. The predicted molar refractivity (Wildman–Crippen MR) is 220 cm³/mol. The second kappa shape index (κ2) is 16.3. The normalized spacial score (nSPS) is 20.0. The van der Waals surface area contributed by atoms with E-state index in [-0.39, 0.29) is 44.4 Å². The van der Waals surface area contributed by atoms with E-state index in [1.165, 1.54) is 12.1 Å². The summed E-state index contributed by atoms with van der Waals surface area (Å²) in [6.45, 7) is 17.3. The van der Waals surface area contributed by atoms with Crippen LogP contribution in [0.25, 0.3) is 21.5 Å². The third-order valence-corrected chi connectivity index (χ3v) is 11.0. The Hall–Kier alpha value is -6.09. The van der Waals surface area contributed by atoms with E-state index in [1.54, 1.807) is 19.1 Å². The van der Waals surface area contributed by atoms with Crippen molar-refractivity contribution in [2.24, 2.45) is 0 Å². The zero-order chi connectivity index (χ0) is 40.2. The Morgan fingerprint density at radius 2 is 1.68 bits per heavy atom. The summed E-state index contributed by atoms with van der Waals surface area (Å²) in [5, 5.41) is 14.0. The first kappa shape index (κ1) is 39.6. The van der Waals surface area contributed by atoms with Gasteiger partial charge in [-0.3, -0.25) is 14.4 Å². The first-order valence-electron chi connectivity index (χ1n) is 18.9. The number of carbonyl (C=O) groups is 3. The summed E-state index contributed by atoms with van der Waals surface area (Å²) in [5.74, 6) is -1.65. The van der Waals surface area contributed by atoms with Crippen LogP contribution in [0.3, 0.4) is 0 Å². The number of halogens is 1. The van der Waals surface area contributed by atoms with Gasteiger partial charge in [0.1, 0.15) is 18.8 Å². The number of hydrogen-bond donors (Lipinski definition) is 1. The van der Waals surface area contributed by atoms with Crippen LogP contribution < -0.4 is 4.90 Å². The molecular weight excluding hydrogens is 708 g/mol. The molecule has 288 valence electrons. The number of anilines is 1. The highest BCUT2D eigenvalue weighted by Gasteiger charge is 2.53. The van der Waals surface area contributed by atoms with E-state index in [9.17, 15) is 23.9 Å². The molecule has 2 unspecified atom stereocenters. The Balaban J connectivity index is 1.56. The van der Waals surface area contributed by atoms with Gasteiger partial charge in [0.15, 0.2) is 12.3 Å². The minimum absolute atomic E-state index is 0.0447. The van der Waals surface area contributed by atoms with Crippen molar-refractivity contribution in [1.29, 1.82) is 0 Å². The third-order valence-electron chi connectivity index (χ3n) is 11.0. The molecule has 0 spiro atoms. The first-order chi connectivity index (χ1) is 27.0. The van der Waals surface area contributed by atoms with E-state index in [1.807, 2.05) is 67.3 Å². The second-order valence-electron chi connectivity index (χ2n) is 14.5. The molecule has 0 radical (unpaired) electrons. The Bertz CT molecular complexity index is 2390. The highest BCUT2D eigenvalue weighted by atomic mass is 19.1. The topological polar surface area (TPSA) is 96.2 Å². The van der Waals surface area contributed by atoms with Crippen LogP contribution in [-0.2, 0) is 34.7 Å². The van der Waals surface area contributed by atoms with Gasteiger partial charge in [-0.1, -0.05) is 72.8 Å². The fourth-order valence-corrected chi connectivity index (χ4v) is 9.04. The molecule has 0 bridgehead atoms. The predicted octanol–water partition coefficient (Wildman–Crippen LogP) is 9.39. The lowest BCUT2D eigenvalue weighted by Crippen LogP contribution is -2.36. The number of benzene rings is 4. The van der Waals surface area contributed by atoms with E-state index in [2.05, 4.69) is 48.9 Å². The number of allylic oxidation sites excluding steroid dienone is 7. The SMILES string of the molecule is C=CCC1(C=C)C(=C(C)C=CC=C(C)C2=[N+](CCC(=O)O)c3c(c4ccccc4c4ccccc34)C2(C)CC(=O)OCC)N(CCOC=O)c2ccc(F)cc21. The molecule has 9 heteroatoms. The number of carboxylic acids is 1. The van der Waals surface area contributed by atoms with Gasteiger partial charge >= 0.3 is 11.9 Å². The van der Waals surface area contributed by atoms with Crippen LogP contribution in [0, 0.1) is 5.82 Å². The molecule has 0 amide bonds. The summed E-state index contributed by atoms with van der Waals surface area (Å²) >= 11 is 0. The molecule has 0 saturated carbocycles. The molecule has 2 heterocycles. The van der Waals surface area contributed by atoms with Crippen molar-refractivity contribution in [2.45, 2.75) is 57.8 Å². The molecule has 0 fully saturated rings. The Labute approximate surface area is 327 Å². The summed E-state index contributed by atoms with van der Waals surface area (Å²) in [4.78, 5) is 38.8. The van der Waals surface area contributed by atoms with Gasteiger partial charge in [0.2, 0.25) is 5.69 Å². The summed E-state index contributed by atoms with van der Waals surface area (Å²) in [6.07, 6.45) is 9.90. The number of fused-ring (bicyclic) bond motifs is 7. The van der Waals surface area contributed by atoms with E-state index in [0.29, 0.717) is 19.4 Å². The number of carboxylic acid groups (broad SMARTS) is 1. The molecule has 4 aromatic rings. The molecule has 2 aliphatic heterocycles. The van der Waals surface area contributed by atoms with Gasteiger partial charge in [-0.05, 0) is 85.7 Å². The van der Waals surface area contributed by atoms with Crippen LogP contribution >= 0.6 is 0 Å². The van der Waals surface area contributed by atoms with E-state index in [0.717, 1.165) is 66.6 Å². The number of ether oxygens (including phenoxy) is 2. The lowest BCUT2D eigenvalue weighted by molar-refractivity contribution is -0.435. The number of rotatable bonds is 16. The van der Waals surface area contributed by atoms with Crippen LogP contribution in [0.2, 0.25) is 0 Å². The van der Waals surface area contributed by atoms with Gasteiger partial charge in [-0.2, -0.15) is 4.58 Å². The smallest absolute Gasteiger partial charge is 0.309 e. The summed E-state index contributed by atoms with van der Waals surface area (Å²) < 4.78 is 27.6. The third kappa shape index (κ3) is 6.87. The van der Waals surface area contributed by atoms with Crippen LogP contribution in [0.15, 0.2) is 127 Å². The van der Waals surface area contributed by atoms with Crippen LogP contribution in [-0.4, -0.2) is 60.1 Å². The summed E-state index contributed by atoms with van der Waals surface area (Å²) in [5.41, 5.74) is 5.09. The van der Waals surface area contributed by atoms with E-state index in [4.69, 9.17) is 9.47 Å². The molecule has 1 N–H and O–H groups in total. The highest BCUT2D eigenvalue weighted by molar-refractivity contribution is 6.20. The summed E-state index contributed by atoms with van der Waals surface area (Å²) in [7, 11) is 0. The monoisotopic (exact) mass is 755 g/mol. The summed E-state index contributed by atoms with van der Waals surface area (Å²) in [6, 6.07) is 21.0. The highest BCUT2D eigenvalue weighted by Crippen LogP contribution is 2.53. The fourth-order valence-electron chi connectivity index (χ4n) is 9.04. The van der Waals surface area contributed by atoms with Gasteiger partial charge in [-0.15, -0.1) is 13.2 Å². The Morgan fingerprint density at radius 1 is 1.00 bits per heavy atom. The largest absolute Gasteiger partial charge is 0.481 e. The van der Waals surface area contributed by atoms with E-state index < -0.39 is 16.8 Å². The number of hydrogen-bond acceptors (Lipinski definition) is 6. The average molecular weight is 756 g/mol. The molecule has 2 aliphatic rings. The van der Waals surface area contributed by atoms with Crippen molar-refractivity contribution in [3.8, 4) is 0 Å². The molecule has 8 nitrogen and oxygen atoms in total. The van der Waals surface area contributed by atoms with Crippen molar-refractivity contribution >= 4 is 57.0 Å². The first-order valence-corrected chi connectivity index (χ1v) is 18.9. The molecule has 0 aromatic heterocycles.